The van der Waals surface area contributed by atoms with Gasteiger partial charge in [0.2, 0.25) is 5.91 Å². The van der Waals surface area contributed by atoms with Crippen LogP contribution in [0.2, 0.25) is 0 Å². The van der Waals surface area contributed by atoms with Crippen LogP contribution in [0, 0.1) is 0 Å². The molecule has 0 bridgehead atoms. The van der Waals surface area contributed by atoms with Gasteiger partial charge in [0.25, 0.3) is 0 Å². The Morgan fingerprint density at radius 3 is 2.93 bits per heavy atom. The molecule has 146 valence electrons. The van der Waals surface area contributed by atoms with Gasteiger partial charge in [-0.15, -0.1) is 0 Å². The molecule has 0 spiro atoms. The lowest BCUT2D eigenvalue weighted by Crippen LogP contribution is -2.32. The maximum Gasteiger partial charge on any atom is 0.337 e. The van der Waals surface area contributed by atoms with Crippen LogP contribution in [0.5, 0.6) is 0 Å². The molecule has 1 aromatic heterocycles. The van der Waals surface area contributed by atoms with Gasteiger partial charge in [0, 0.05) is 25.4 Å². The molecule has 1 fully saturated rings. The van der Waals surface area contributed by atoms with E-state index < -0.39 is 5.97 Å². The van der Waals surface area contributed by atoms with Crippen molar-refractivity contribution in [3.05, 3.63) is 53.4 Å². The van der Waals surface area contributed by atoms with Crippen molar-refractivity contribution in [1.82, 2.24) is 9.88 Å². The van der Waals surface area contributed by atoms with E-state index in [1.54, 1.807) is 12.3 Å². The normalized spacial score (nSPS) is 17.9. The third-order valence-corrected chi connectivity index (χ3v) is 4.92. The molecule has 1 atom stereocenters. The molecule has 2 heterocycles. The van der Waals surface area contributed by atoms with Crippen LogP contribution < -0.4 is 0 Å². The lowest BCUT2D eigenvalue weighted by Gasteiger charge is -2.22. The van der Waals surface area contributed by atoms with Gasteiger partial charge in [-0.25, -0.2) is 4.79 Å². The molecule has 1 amide bonds. The van der Waals surface area contributed by atoms with Crippen molar-refractivity contribution >= 4 is 11.9 Å². The van der Waals surface area contributed by atoms with E-state index in [1.165, 1.54) is 24.6 Å². The standard InChI is InChI=1S/C22H30N2O3/c1-3-4-7-17(2)8-5-10-20-11-12-21(25)24(20)13-6-9-18-14-19(22(26)27)16-23-15-18/h5,8,10,14-16,20H,3-4,6-7,9,11-13H2,1-2H3,(H,26,27)/t20-/m0/s1. The summed E-state index contributed by atoms with van der Waals surface area (Å²) in [6.07, 6.45) is 15.9. The SMILES string of the molecule is CCCCC(C)=CC=C[C@H]1CCC(=O)N1CCCc1cncc(C(=O)O)c1. The van der Waals surface area contributed by atoms with Gasteiger partial charge in [-0.05, 0) is 50.7 Å². The minimum absolute atomic E-state index is 0.163. The summed E-state index contributed by atoms with van der Waals surface area (Å²) >= 11 is 0. The first-order valence-electron chi connectivity index (χ1n) is 9.82. The molecule has 0 saturated carbocycles. The van der Waals surface area contributed by atoms with E-state index in [4.69, 9.17) is 5.11 Å². The maximum absolute atomic E-state index is 12.2. The first-order valence-corrected chi connectivity index (χ1v) is 9.82. The third kappa shape index (κ3) is 6.66. The maximum atomic E-state index is 12.2. The zero-order chi connectivity index (χ0) is 19.6. The van der Waals surface area contributed by atoms with E-state index >= 15 is 0 Å². The summed E-state index contributed by atoms with van der Waals surface area (Å²) in [5, 5.41) is 9.04. The lowest BCUT2D eigenvalue weighted by molar-refractivity contribution is -0.128. The molecule has 1 N–H and O–H groups in total. The number of carbonyl (C=O) groups excluding carboxylic acids is 1. The number of carbonyl (C=O) groups is 2. The summed E-state index contributed by atoms with van der Waals surface area (Å²) in [5.41, 5.74) is 2.47. The van der Waals surface area contributed by atoms with Crippen molar-refractivity contribution in [3.63, 3.8) is 0 Å². The van der Waals surface area contributed by atoms with Crippen LogP contribution in [-0.4, -0.2) is 39.5 Å². The number of carboxylic acid groups (broad SMARTS) is 1. The number of nitrogens with zero attached hydrogens (tertiary/aromatic N) is 2. The van der Waals surface area contributed by atoms with E-state index in [-0.39, 0.29) is 17.5 Å². The zero-order valence-corrected chi connectivity index (χ0v) is 16.4. The third-order valence-electron chi connectivity index (χ3n) is 4.92. The molecule has 0 radical (unpaired) electrons. The molecule has 5 heteroatoms. The van der Waals surface area contributed by atoms with E-state index in [1.807, 2.05) is 4.90 Å². The predicted molar refractivity (Wildman–Crippen MR) is 107 cm³/mol. The number of aromatic carboxylic acids is 1. The van der Waals surface area contributed by atoms with E-state index in [9.17, 15) is 9.59 Å². The summed E-state index contributed by atoms with van der Waals surface area (Å²) in [6.45, 7) is 5.03. The van der Waals surface area contributed by atoms with Crippen LogP contribution in [-0.2, 0) is 11.2 Å². The Balaban J connectivity index is 1.87. The highest BCUT2D eigenvalue weighted by molar-refractivity contribution is 5.87. The van der Waals surface area contributed by atoms with Gasteiger partial charge in [-0.2, -0.15) is 0 Å². The molecular formula is C22H30N2O3. The Bertz CT molecular complexity index is 709. The molecule has 0 unspecified atom stereocenters. The minimum Gasteiger partial charge on any atom is -0.478 e. The fourth-order valence-electron chi connectivity index (χ4n) is 3.33. The number of unbranched alkanes of at least 4 members (excludes halogenated alkanes) is 1. The summed E-state index contributed by atoms with van der Waals surface area (Å²) in [4.78, 5) is 29.1. The molecule has 1 aromatic rings. The van der Waals surface area contributed by atoms with Gasteiger partial charge >= 0.3 is 5.97 Å². The Morgan fingerprint density at radius 1 is 1.37 bits per heavy atom. The number of likely N-dealkylation sites (tertiary alicyclic amines) is 1. The Kier molecular flexibility index (Phi) is 8.24. The fraction of sp³-hybridized carbons (Fsp3) is 0.500. The number of hydrogen-bond acceptors (Lipinski definition) is 3. The quantitative estimate of drug-likeness (QED) is 0.620. The molecule has 0 aliphatic carbocycles. The number of aromatic nitrogens is 1. The van der Waals surface area contributed by atoms with Crippen LogP contribution in [0.15, 0.2) is 42.3 Å². The number of amides is 1. The smallest absolute Gasteiger partial charge is 0.337 e. The molecular weight excluding hydrogens is 340 g/mol. The summed E-state index contributed by atoms with van der Waals surface area (Å²) in [7, 11) is 0. The molecule has 27 heavy (non-hydrogen) atoms. The summed E-state index contributed by atoms with van der Waals surface area (Å²) in [6, 6.07) is 1.82. The van der Waals surface area contributed by atoms with Crippen molar-refractivity contribution in [2.45, 2.75) is 64.8 Å². The van der Waals surface area contributed by atoms with Crippen LogP contribution in [0.4, 0.5) is 0 Å². The number of allylic oxidation sites excluding steroid dienone is 3. The average molecular weight is 370 g/mol. The Hall–Kier alpha value is -2.43. The number of rotatable bonds is 10. The molecule has 5 nitrogen and oxygen atoms in total. The van der Waals surface area contributed by atoms with Crippen LogP contribution in [0.25, 0.3) is 0 Å². The lowest BCUT2D eigenvalue weighted by atomic mass is 10.1. The monoisotopic (exact) mass is 370 g/mol. The van der Waals surface area contributed by atoms with Crippen LogP contribution in [0.3, 0.4) is 0 Å². The second-order valence-corrected chi connectivity index (χ2v) is 7.19. The van der Waals surface area contributed by atoms with Crippen molar-refractivity contribution in [3.8, 4) is 0 Å². The van der Waals surface area contributed by atoms with E-state index in [0.29, 0.717) is 19.4 Å². The van der Waals surface area contributed by atoms with Gasteiger partial charge in [0.15, 0.2) is 0 Å². The van der Waals surface area contributed by atoms with Crippen molar-refractivity contribution < 1.29 is 14.7 Å². The first-order chi connectivity index (χ1) is 13.0. The number of pyridine rings is 1. The highest BCUT2D eigenvalue weighted by atomic mass is 16.4. The Morgan fingerprint density at radius 2 is 2.19 bits per heavy atom. The largest absolute Gasteiger partial charge is 0.478 e. The highest BCUT2D eigenvalue weighted by Gasteiger charge is 2.28. The van der Waals surface area contributed by atoms with Crippen LogP contribution in [0.1, 0.15) is 68.3 Å². The van der Waals surface area contributed by atoms with Gasteiger partial charge in [0.05, 0.1) is 11.6 Å². The number of carboxylic acids is 1. The first kappa shape index (κ1) is 20.9. The zero-order valence-electron chi connectivity index (χ0n) is 16.4. The molecule has 1 aliphatic rings. The fourth-order valence-corrected chi connectivity index (χ4v) is 3.33. The molecule has 1 saturated heterocycles. The topological polar surface area (TPSA) is 70.5 Å². The minimum atomic E-state index is -0.966. The van der Waals surface area contributed by atoms with E-state index in [0.717, 1.165) is 24.8 Å². The summed E-state index contributed by atoms with van der Waals surface area (Å²) < 4.78 is 0. The second kappa shape index (κ2) is 10.7. The molecule has 1 aliphatic heterocycles. The van der Waals surface area contributed by atoms with Crippen molar-refractivity contribution in [1.29, 1.82) is 0 Å². The van der Waals surface area contributed by atoms with Gasteiger partial charge in [-0.1, -0.05) is 37.1 Å². The predicted octanol–water partition coefficient (Wildman–Crippen LogP) is 4.40. The molecule has 2 rings (SSSR count). The number of aryl methyl sites for hydroxylation is 1. The number of hydrogen-bond donors (Lipinski definition) is 1. The Labute approximate surface area is 161 Å². The van der Waals surface area contributed by atoms with E-state index in [2.05, 4.69) is 37.1 Å². The van der Waals surface area contributed by atoms with Gasteiger partial charge in [0.1, 0.15) is 0 Å². The van der Waals surface area contributed by atoms with Crippen molar-refractivity contribution in [2.75, 3.05) is 6.54 Å². The molecule has 0 aromatic carbocycles. The second-order valence-electron chi connectivity index (χ2n) is 7.19. The van der Waals surface area contributed by atoms with Gasteiger partial charge < -0.3 is 10.0 Å². The average Bonchev–Trinajstić information content (AvgIpc) is 3.00. The summed E-state index contributed by atoms with van der Waals surface area (Å²) in [5.74, 6) is -0.764. The highest BCUT2D eigenvalue weighted by Crippen LogP contribution is 2.21. The van der Waals surface area contributed by atoms with Crippen molar-refractivity contribution in [2.24, 2.45) is 0 Å². The van der Waals surface area contributed by atoms with Crippen LogP contribution >= 0.6 is 0 Å². The van der Waals surface area contributed by atoms with Gasteiger partial charge in [-0.3, -0.25) is 9.78 Å².